The van der Waals surface area contributed by atoms with Crippen molar-refractivity contribution >= 4 is 17.7 Å². The molecule has 0 aromatic heterocycles. The molecular formula is C8H13NOS. The minimum absolute atomic E-state index is 0.0141. The molecule has 2 fully saturated rings. The molecule has 1 saturated heterocycles. The van der Waals surface area contributed by atoms with Gasteiger partial charge in [0.25, 0.3) is 0 Å². The first-order valence-corrected chi connectivity index (χ1v) is 5.25. The number of amides is 1. The Kier molecular flexibility index (Phi) is 1.63. The smallest absolute Gasteiger partial charge is 0.226 e. The molecule has 1 amide bonds. The molecule has 0 radical (unpaired) electrons. The zero-order chi connectivity index (χ0) is 7.90. The molecule has 1 N–H and O–H groups in total. The minimum Gasteiger partial charge on any atom is -0.351 e. The third-order valence-corrected chi connectivity index (χ3v) is 3.80. The number of hydrogen-bond acceptors (Lipinski definition) is 2. The van der Waals surface area contributed by atoms with Crippen molar-refractivity contribution in [2.75, 3.05) is 11.5 Å². The summed E-state index contributed by atoms with van der Waals surface area (Å²) in [5, 5.41) is 3.06. The topological polar surface area (TPSA) is 29.1 Å². The van der Waals surface area contributed by atoms with Crippen LogP contribution in [0.5, 0.6) is 0 Å². The van der Waals surface area contributed by atoms with Gasteiger partial charge in [-0.1, -0.05) is 6.92 Å². The largest absolute Gasteiger partial charge is 0.351 e. The van der Waals surface area contributed by atoms with E-state index in [1.54, 1.807) is 0 Å². The fourth-order valence-electron chi connectivity index (χ4n) is 1.09. The maximum atomic E-state index is 11.4. The van der Waals surface area contributed by atoms with Crippen molar-refractivity contribution in [2.24, 2.45) is 5.41 Å². The van der Waals surface area contributed by atoms with Crippen molar-refractivity contribution in [3.63, 3.8) is 0 Å². The average Bonchev–Trinajstić information content (AvgIpc) is 2.59. The van der Waals surface area contributed by atoms with Crippen LogP contribution < -0.4 is 5.32 Å². The average molecular weight is 171 g/mol. The molecule has 11 heavy (non-hydrogen) atoms. The maximum Gasteiger partial charge on any atom is 0.226 e. The molecule has 2 rings (SSSR count). The van der Waals surface area contributed by atoms with Gasteiger partial charge in [0.2, 0.25) is 5.91 Å². The Labute approximate surface area is 71.1 Å². The summed E-state index contributed by atoms with van der Waals surface area (Å²) in [5.41, 5.74) is 0.0141. The van der Waals surface area contributed by atoms with Crippen molar-refractivity contribution in [3.8, 4) is 0 Å². The van der Waals surface area contributed by atoms with Gasteiger partial charge in [0.05, 0.1) is 0 Å². The highest BCUT2D eigenvalue weighted by atomic mass is 32.2. The van der Waals surface area contributed by atoms with Crippen LogP contribution >= 0.6 is 11.8 Å². The van der Waals surface area contributed by atoms with Gasteiger partial charge in [-0.25, -0.2) is 0 Å². The van der Waals surface area contributed by atoms with Crippen LogP contribution in [0.2, 0.25) is 0 Å². The van der Waals surface area contributed by atoms with E-state index < -0.39 is 0 Å². The lowest BCUT2D eigenvalue weighted by atomic mass is 10.1. The lowest BCUT2D eigenvalue weighted by molar-refractivity contribution is -0.126. The number of thioether (sulfide) groups is 1. The summed E-state index contributed by atoms with van der Waals surface area (Å²) in [6.45, 7) is 2.05. The van der Waals surface area contributed by atoms with Gasteiger partial charge in [-0.3, -0.25) is 4.79 Å². The Morgan fingerprint density at radius 2 is 2.18 bits per heavy atom. The van der Waals surface area contributed by atoms with Crippen LogP contribution in [0.4, 0.5) is 0 Å². The normalized spacial score (nSPS) is 27.4. The quantitative estimate of drug-likeness (QED) is 0.672. The van der Waals surface area contributed by atoms with Crippen LogP contribution in [0, 0.1) is 5.41 Å². The Balaban J connectivity index is 1.81. The van der Waals surface area contributed by atoms with Crippen molar-refractivity contribution < 1.29 is 4.79 Å². The summed E-state index contributed by atoms with van der Waals surface area (Å²) >= 11 is 1.90. The molecule has 3 heteroatoms. The first-order valence-electron chi connectivity index (χ1n) is 4.09. The first-order chi connectivity index (χ1) is 5.21. The SMILES string of the molecule is CC1(C(=O)NC2CSC2)CC1. The Bertz CT molecular complexity index is 185. The third kappa shape index (κ3) is 1.39. The monoisotopic (exact) mass is 171 g/mol. The summed E-state index contributed by atoms with van der Waals surface area (Å²) in [6, 6.07) is 0.477. The van der Waals surface area contributed by atoms with Crippen molar-refractivity contribution in [1.29, 1.82) is 0 Å². The zero-order valence-corrected chi connectivity index (χ0v) is 7.54. The molecular weight excluding hydrogens is 158 g/mol. The van der Waals surface area contributed by atoms with Gasteiger partial charge in [0.15, 0.2) is 0 Å². The summed E-state index contributed by atoms with van der Waals surface area (Å²) in [4.78, 5) is 11.4. The molecule has 2 nitrogen and oxygen atoms in total. The van der Waals surface area contributed by atoms with Gasteiger partial charge in [0, 0.05) is 23.0 Å². The van der Waals surface area contributed by atoms with E-state index in [0.29, 0.717) is 6.04 Å². The van der Waals surface area contributed by atoms with Gasteiger partial charge < -0.3 is 5.32 Å². The molecule has 1 heterocycles. The molecule has 0 spiro atoms. The van der Waals surface area contributed by atoms with E-state index in [4.69, 9.17) is 0 Å². The maximum absolute atomic E-state index is 11.4. The lowest BCUT2D eigenvalue weighted by Crippen LogP contribution is -2.46. The van der Waals surface area contributed by atoms with Crippen molar-refractivity contribution in [1.82, 2.24) is 5.32 Å². The highest BCUT2D eigenvalue weighted by Gasteiger charge is 2.45. The minimum atomic E-state index is 0.0141. The summed E-state index contributed by atoms with van der Waals surface area (Å²) in [5.74, 6) is 2.51. The molecule has 0 atom stereocenters. The van der Waals surface area contributed by atoms with Gasteiger partial charge in [-0.2, -0.15) is 11.8 Å². The van der Waals surface area contributed by atoms with E-state index in [-0.39, 0.29) is 11.3 Å². The molecule has 1 aliphatic heterocycles. The van der Waals surface area contributed by atoms with Gasteiger partial charge in [-0.05, 0) is 12.8 Å². The fraction of sp³-hybridized carbons (Fsp3) is 0.875. The molecule has 1 aliphatic carbocycles. The standard InChI is InChI=1S/C8H13NOS/c1-8(2-3-8)7(10)9-6-4-11-5-6/h6H,2-5H2,1H3,(H,9,10). The van der Waals surface area contributed by atoms with Crippen LogP contribution in [0.3, 0.4) is 0 Å². The number of nitrogens with one attached hydrogen (secondary N) is 1. The number of carbonyl (C=O) groups excluding carboxylic acids is 1. The van der Waals surface area contributed by atoms with E-state index in [1.165, 1.54) is 0 Å². The molecule has 1 saturated carbocycles. The summed E-state index contributed by atoms with van der Waals surface area (Å²) < 4.78 is 0. The molecule has 2 aliphatic rings. The number of hydrogen-bond donors (Lipinski definition) is 1. The lowest BCUT2D eigenvalue weighted by Gasteiger charge is -2.27. The summed E-state index contributed by atoms with van der Waals surface area (Å²) in [7, 11) is 0. The van der Waals surface area contributed by atoms with Crippen LogP contribution in [0.15, 0.2) is 0 Å². The number of carbonyl (C=O) groups is 1. The molecule has 0 aromatic carbocycles. The second-order valence-corrected chi connectivity index (χ2v) is 4.84. The predicted octanol–water partition coefficient (Wildman–Crippen LogP) is 1.02. The van der Waals surface area contributed by atoms with Gasteiger partial charge >= 0.3 is 0 Å². The number of rotatable bonds is 2. The van der Waals surface area contributed by atoms with Crippen LogP contribution in [0.25, 0.3) is 0 Å². The van der Waals surface area contributed by atoms with Crippen molar-refractivity contribution in [3.05, 3.63) is 0 Å². The molecule has 0 unspecified atom stereocenters. The van der Waals surface area contributed by atoms with E-state index in [2.05, 4.69) is 5.32 Å². The van der Waals surface area contributed by atoms with E-state index >= 15 is 0 Å². The molecule has 62 valence electrons. The highest BCUT2D eigenvalue weighted by Crippen LogP contribution is 2.45. The van der Waals surface area contributed by atoms with Crippen LogP contribution in [0.1, 0.15) is 19.8 Å². The van der Waals surface area contributed by atoms with E-state index in [1.807, 2.05) is 18.7 Å². The van der Waals surface area contributed by atoms with E-state index in [9.17, 15) is 4.79 Å². The predicted molar refractivity (Wildman–Crippen MR) is 46.6 cm³/mol. The Morgan fingerprint density at radius 3 is 2.55 bits per heavy atom. The van der Waals surface area contributed by atoms with Crippen LogP contribution in [-0.2, 0) is 4.79 Å². The first kappa shape index (κ1) is 7.47. The Hall–Kier alpha value is -0.180. The third-order valence-electron chi connectivity index (χ3n) is 2.52. The summed E-state index contributed by atoms with van der Waals surface area (Å²) in [6.07, 6.45) is 2.16. The van der Waals surface area contributed by atoms with Crippen LogP contribution in [-0.4, -0.2) is 23.5 Å². The zero-order valence-electron chi connectivity index (χ0n) is 6.72. The van der Waals surface area contributed by atoms with Crippen molar-refractivity contribution in [2.45, 2.75) is 25.8 Å². The highest BCUT2D eigenvalue weighted by molar-refractivity contribution is 8.00. The fourth-order valence-corrected chi connectivity index (χ4v) is 1.73. The van der Waals surface area contributed by atoms with Gasteiger partial charge in [0.1, 0.15) is 0 Å². The van der Waals surface area contributed by atoms with E-state index in [0.717, 1.165) is 24.3 Å². The second kappa shape index (κ2) is 2.41. The second-order valence-electron chi connectivity index (χ2n) is 3.77. The molecule has 0 aromatic rings. The molecule has 0 bridgehead atoms. The Morgan fingerprint density at radius 1 is 1.55 bits per heavy atom. The van der Waals surface area contributed by atoms with Gasteiger partial charge in [-0.15, -0.1) is 0 Å².